The van der Waals surface area contributed by atoms with Crippen LogP contribution in [0.3, 0.4) is 0 Å². The number of likely N-dealkylation sites (N-methyl/N-ethyl adjacent to an activating group) is 1. The van der Waals surface area contributed by atoms with E-state index in [2.05, 4.69) is 13.8 Å². The zero-order chi connectivity index (χ0) is 30.8. The second-order valence-corrected chi connectivity index (χ2v) is 13.7. The van der Waals surface area contributed by atoms with Crippen LogP contribution in [0.25, 0.3) is 0 Å². The van der Waals surface area contributed by atoms with Crippen molar-refractivity contribution in [3.05, 3.63) is 0 Å². The Hall–Kier alpha value is -0.990. The molecule has 41 heavy (non-hydrogen) atoms. The van der Waals surface area contributed by atoms with Crippen molar-refractivity contribution in [2.45, 2.75) is 142 Å². The van der Waals surface area contributed by atoms with E-state index in [9.17, 15) is 19.0 Å². The van der Waals surface area contributed by atoms with E-state index in [0.717, 1.165) is 44.9 Å². The van der Waals surface area contributed by atoms with E-state index in [-0.39, 0.29) is 25.6 Å². The van der Waals surface area contributed by atoms with Gasteiger partial charge >= 0.3 is 19.8 Å². The maximum atomic E-state index is 12.4. The Bertz CT molecular complexity index is 698. The lowest BCUT2D eigenvalue weighted by atomic mass is 10.1. The van der Waals surface area contributed by atoms with E-state index in [1.54, 1.807) is 0 Å². The molecule has 2 atom stereocenters. The molecule has 0 aliphatic carbocycles. The molecule has 1 N–H and O–H groups in total. The van der Waals surface area contributed by atoms with E-state index in [1.807, 2.05) is 21.1 Å². The van der Waals surface area contributed by atoms with Crippen molar-refractivity contribution >= 4 is 19.8 Å². The highest BCUT2D eigenvalue weighted by Crippen LogP contribution is 2.43. The Morgan fingerprint density at radius 2 is 1.10 bits per heavy atom. The minimum atomic E-state index is -4.34. The van der Waals surface area contributed by atoms with Crippen molar-refractivity contribution < 1.29 is 42.1 Å². The van der Waals surface area contributed by atoms with E-state index in [4.69, 9.17) is 18.5 Å². The van der Waals surface area contributed by atoms with Gasteiger partial charge in [0.05, 0.1) is 27.7 Å². The minimum Gasteiger partial charge on any atom is -0.462 e. The van der Waals surface area contributed by atoms with E-state index < -0.39 is 26.5 Å². The largest absolute Gasteiger partial charge is 0.472 e. The number of phosphoric acid groups is 1. The molecule has 0 aromatic carbocycles. The van der Waals surface area contributed by atoms with Gasteiger partial charge in [-0.1, -0.05) is 110 Å². The Balaban J connectivity index is 4.45. The molecule has 0 amide bonds. The average Bonchev–Trinajstić information content (AvgIpc) is 2.90. The summed E-state index contributed by atoms with van der Waals surface area (Å²) < 4.78 is 33.8. The number of hydrogen-bond donors (Lipinski definition) is 1. The maximum absolute atomic E-state index is 12.4. The third-order valence-corrected chi connectivity index (χ3v) is 7.87. The van der Waals surface area contributed by atoms with Gasteiger partial charge in [-0.05, 0) is 12.8 Å². The van der Waals surface area contributed by atoms with Crippen LogP contribution < -0.4 is 0 Å². The topological polar surface area (TPSA) is 108 Å². The van der Waals surface area contributed by atoms with Gasteiger partial charge in [-0.25, -0.2) is 4.57 Å². The van der Waals surface area contributed by atoms with Gasteiger partial charge in [-0.3, -0.25) is 18.6 Å². The number of quaternary nitrogens is 1. The molecule has 244 valence electrons. The lowest BCUT2D eigenvalue weighted by molar-refractivity contribution is -0.870. The quantitative estimate of drug-likeness (QED) is 0.0398. The van der Waals surface area contributed by atoms with Gasteiger partial charge in [0.1, 0.15) is 19.8 Å². The van der Waals surface area contributed by atoms with Gasteiger partial charge in [-0.2, -0.15) is 0 Å². The van der Waals surface area contributed by atoms with Crippen molar-refractivity contribution in [1.29, 1.82) is 0 Å². The molecule has 0 aromatic rings. The standard InChI is InChI=1S/C31H62NO8P/c1-6-8-10-12-14-15-16-17-18-20-21-23-30(33)37-27-29(40-31(34)24-22-19-13-11-9-7-2)28-39-41(35,36)38-26-25-32(3,4)5/h29H,6-28H2,1-5H3/p+1. The number of nitrogens with zero attached hydrogens (tertiary/aromatic N) is 1. The third kappa shape index (κ3) is 28.9. The first kappa shape index (κ1) is 40.0. The second kappa shape index (κ2) is 25.5. The van der Waals surface area contributed by atoms with Gasteiger partial charge in [-0.15, -0.1) is 0 Å². The third-order valence-electron chi connectivity index (χ3n) is 6.89. The van der Waals surface area contributed by atoms with Crippen LogP contribution in [-0.4, -0.2) is 74.9 Å². The number of hydrogen-bond acceptors (Lipinski definition) is 7. The molecule has 9 nitrogen and oxygen atoms in total. The first-order valence-electron chi connectivity index (χ1n) is 16.3. The minimum absolute atomic E-state index is 0.0354. The molecular formula is C31H63NO8P+. The van der Waals surface area contributed by atoms with Crippen LogP contribution in [0.2, 0.25) is 0 Å². The smallest absolute Gasteiger partial charge is 0.462 e. The van der Waals surface area contributed by atoms with Crippen LogP contribution in [0.5, 0.6) is 0 Å². The number of esters is 2. The summed E-state index contributed by atoms with van der Waals surface area (Å²) in [6.45, 7) is 4.32. The number of rotatable bonds is 29. The van der Waals surface area contributed by atoms with Crippen LogP contribution in [-0.2, 0) is 32.7 Å². The monoisotopic (exact) mass is 608 g/mol. The molecule has 0 aromatic heterocycles. The summed E-state index contributed by atoms with van der Waals surface area (Å²) in [5, 5.41) is 0. The molecule has 0 heterocycles. The fourth-order valence-electron chi connectivity index (χ4n) is 4.25. The fraction of sp³-hybridized carbons (Fsp3) is 0.935. The predicted octanol–water partition coefficient (Wildman–Crippen LogP) is 7.73. The summed E-state index contributed by atoms with van der Waals surface area (Å²) in [5.41, 5.74) is 0. The number of phosphoric ester groups is 1. The van der Waals surface area contributed by atoms with E-state index in [0.29, 0.717) is 23.9 Å². The zero-order valence-electron chi connectivity index (χ0n) is 27.0. The van der Waals surface area contributed by atoms with Crippen molar-refractivity contribution in [2.24, 2.45) is 0 Å². The molecule has 0 radical (unpaired) electrons. The zero-order valence-corrected chi connectivity index (χ0v) is 27.9. The number of ether oxygens (including phenoxy) is 2. The Morgan fingerprint density at radius 1 is 0.659 bits per heavy atom. The SMILES string of the molecule is CCCCCCCCCCCCCC(=O)OCC(COP(=O)(O)OCC[N+](C)(C)C)OC(=O)CCCCCCCC. The van der Waals surface area contributed by atoms with E-state index >= 15 is 0 Å². The second-order valence-electron chi connectivity index (χ2n) is 12.2. The molecule has 10 heteroatoms. The molecule has 0 spiro atoms. The highest BCUT2D eigenvalue weighted by molar-refractivity contribution is 7.47. The van der Waals surface area contributed by atoms with Gasteiger partial charge in [0.25, 0.3) is 0 Å². The molecule has 0 fully saturated rings. The Kier molecular flexibility index (Phi) is 24.9. The lowest BCUT2D eigenvalue weighted by Gasteiger charge is -2.24. The number of carbonyl (C=O) groups is 2. The van der Waals surface area contributed by atoms with Crippen molar-refractivity contribution in [3.63, 3.8) is 0 Å². The molecule has 0 aliphatic rings. The predicted molar refractivity (Wildman–Crippen MR) is 165 cm³/mol. The molecule has 2 unspecified atom stereocenters. The van der Waals surface area contributed by atoms with Crippen LogP contribution in [0, 0.1) is 0 Å². The summed E-state index contributed by atoms with van der Waals surface area (Å²) in [7, 11) is 1.48. The number of carbonyl (C=O) groups excluding carboxylic acids is 2. The molecule has 0 aliphatic heterocycles. The highest BCUT2D eigenvalue weighted by Gasteiger charge is 2.27. The van der Waals surface area contributed by atoms with Crippen LogP contribution in [0.4, 0.5) is 0 Å². The first-order chi connectivity index (χ1) is 19.5. The summed E-state index contributed by atoms with van der Waals surface area (Å²) in [4.78, 5) is 34.7. The maximum Gasteiger partial charge on any atom is 0.472 e. The molecule has 0 saturated heterocycles. The molecule has 0 bridgehead atoms. The first-order valence-corrected chi connectivity index (χ1v) is 17.8. The molecule has 0 rings (SSSR count). The highest BCUT2D eigenvalue weighted by atomic mass is 31.2. The summed E-state index contributed by atoms with van der Waals surface area (Å²) in [5.74, 6) is -0.807. The molecule has 0 saturated carbocycles. The van der Waals surface area contributed by atoms with Gasteiger partial charge in [0, 0.05) is 12.8 Å². The summed E-state index contributed by atoms with van der Waals surface area (Å²) >= 11 is 0. The van der Waals surface area contributed by atoms with Crippen LogP contribution in [0.15, 0.2) is 0 Å². The van der Waals surface area contributed by atoms with Crippen LogP contribution in [0.1, 0.15) is 136 Å². The van der Waals surface area contributed by atoms with Gasteiger partial charge < -0.3 is 18.9 Å². The van der Waals surface area contributed by atoms with Crippen molar-refractivity contribution in [1.82, 2.24) is 0 Å². The Morgan fingerprint density at radius 3 is 1.56 bits per heavy atom. The lowest BCUT2D eigenvalue weighted by Crippen LogP contribution is -2.37. The summed E-state index contributed by atoms with van der Waals surface area (Å²) in [6.07, 6.45) is 18.9. The van der Waals surface area contributed by atoms with Crippen molar-refractivity contribution in [2.75, 3.05) is 47.5 Å². The van der Waals surface area contributed by atoms with Gasteiger partial charge in [0.2, 0.25) is 0 Å². The average molecular weight is 609 g/mol. The normalized spacial score (nSPS) is 14.0. The molecular weight excluding hydrogens is 545 g/mol. The summed E-state index contributed by atoms with van der Waals surface area (Å²) in [6, 6.07) is 0. The van der Waals surface area contributed by atoms with E-state index in [1.165, 1.54) is 57.8 Å². The van der Waals surface area contributed by atoms with Crippen molar-refractivity contribution in [3.8, 4) is 0 Å². The van der Waals surface area contributed by atoms with Crippen LogP contribution >= 0.6 is 7.82 Å². The van der Waals surface area contributed by atoms with Gasteiger partial charge in [0.15, 0.2) is 6.10 Å². The Labute approximate surface area is 251 Å². The fourth-order valence-corrected chi connectivity index (χ4v) is 4.99. The number of unbranched alkanes of at least 4 members (excludes halogenated alkanes) is 15.